The van der Waals surface area contributed by atoms with Gasteiger partial charge in [0.1, 0.15) is 0 Å². The average molecular weight is 648 g/mol. The topological polar surface area (TPSA) is 57.1 Å². The molecular formula is C39H30BN3O2S2. The van der Waals surface area contributed by atoms with Crippen LogP contribution in [-0.4, -0.2) is 33.3 Å². The van der Waals surface area contributed by atoms with Crippen molar-refractivity contribution in [3.05, 3.63) is 109 Å². The molecule has 0 aliphatic carbocycles. The summed E-state index contributed by atoms with van der Waals surface area (Å²) in [6, 6.07) is 38.1. The molecule has 1 aliphatic rings. The Hall–Kier alpha value is -4.47. The number of benzene rings is 5. The second-order valence-electron chi connectivity index (χ2n) is 13.1. The largest absolute Gasteiger partial charge is 0.494 e. The van der Waals surface area contributed by atoms with Crippen molar-refractivity contribution >= 4 is 75.6 Å². The van der Waals surface area contributed by atoms with Crippen LogP contribution in [0.1, 0.15) is 27.7 Å². The fourth-order valence-electron chi connectivity index (χ4n) is 6.37. The Morgan fingerprint density at radius 1 is 0.511 bits per heavy atom. The predicted molar refractivity (Wildman–Crippen MR) is 198 cm³/mol. The van der Waals surface area contributed by atoms with E-state index in [0.717, 1.165) is 26.9 Å². The van der Waals surface area contributed by atoms with E-state index < -0.39 is 18.3 Å². The molecular weight excluding hydrogens is 617 g/mol. The smallest absolute Gasteiger partial charge is 0.399 e. The Kier molecular flexibility index (Phi) is 6.43. The lowest BCUT2D eigenvalue weighted by molar-refractivity contribution is 0.00578. The molecule has 228 valence electrons. The number of hydrogen-bond acceptors (Lipinski definition) is 7. The lowest BCUT2D eigenvalue weighted by Gasteiger charge is -2.32. The Labute approximate surface area is 281 Å². The molecule has 0 amide bonds. The third-order valence-corrected chi connectivity index (χ3v) is 12.0. The van der Waals surface area contributed by atoms with E-state index in [9.17, 15) is 0 Å². The van der Waals surface area contributed by atoms with Crippen LogP contribution in [0.4, 0.5) is 0 Å². The summed E-state index contributed by atoms with van der Waals surface area (Å²) < 4.78 is 17.5. The van der Waals surface area contributed by atoms with Crippen LogP contribution in [-0.2, 0) is 9.31 Å². The van der Waals surface area contributed by atoms with Crippen LogP contribution in [0.5, 0.6) is 0 Å². The molecule has 1 saturated heterocycles. The van der Waals surface area contributed by atoms with Gasteiger partial charge < -0.3 is 9.31 Å². The highest BCUT2D eigenvalue weighted by molar-refractivity contribution is 7.26. The number of fused-ring (bicyclic) bond motifs is 6. The molecule has 5 aromatic carbocycles. The molecule has 9 rings (SSSR count). The highest BCUT2D eigenvalue weighted by Crippen LogP contribution is 2.42. The van der Waals surface area contributed by atoms with Crippen molar-refractivity contribution < 1.29 is 9.31 Å². The van der Waals surface area contributed by atoms with Crippen molar-refractivity contribution in [2.75, 3.05) is 0 Å². The maximum atomic E-state index is 6.38. The Bertz CT molecular complexity index is 2490. The molecule has 4 heterocycles. The van der Waals surface area contributed by atoms with Crippen LogP contribution in [0.25, 0.3) is 74.5 Å². The minimum atomic E-state index is -0.412. The van der Waals surface area contributed by atoms with Crippen molar-refractivity contribution in [3.8, 4) is 34.2 Å². The zero-order chi connectivity index (χ0) is 31.9. The number of rotatable bonds is 4. The molecule has 3 aromatic heterocycles. The highest BCUT2D eigenvalue weighted by Gasteiger charge is 2.51. The molecule has 1 aliphatic heterocycles. The molecule has 1 fully saturated rings. The highest BCUT2D eigenvalue weighted by atomic mass is 32.1. The van der Waals surface area contributed by atoms with E-state index in [1.54, 1.807) is 22.7 Å². The third-order valence-electron chi connectivity index (χ3n) is 9.60. The molecule has 8 heteroatoms. The fourth-order valence-corrected chi connectivity index (χ4v) is 8.84. The zero-order valence-electron chi connectivity index (χ0n) is 26.4. The molecule has 47 heavy (non-hydrogen) atoms. The van der Waals surface area contributed by atoms with E-state index >= 15 is 0 Å². The van der Waals surface area contributed by atoms with Gasteiger partial charge in [0.05, 0.1) is 11.2 Å². The summed E-state index contributed by atoms with van der Waals surface area (Å²) in [6.07, 6.45) is 0. The summed E-state index contributed by atoms with van der Waals surface area (Å²) in [6.45, 7) is 8.35. The van der Waals surface area contributed by atoms with Crippen molar-refractivity contribution in [1.29, 1.82) is 0 Å². The summed E-state index contributed by atoms with van der Waals surface area (Å²) in [4.78, 5) is 15.4. The van der Waals surface area contributed by atoms with Crippen molar-refractivity contribution in [2.24, 2.45) is 0 Å². The summed E-state index contributed by atoms with van der Waals surface area (Å²) in [5, 5.41) is 4.84. The van der Waals surface area contributed by atoms with Gasteiger partial charge in [-0.3, -0.25) is 0 Å². The number of nitrogens with zero attached hydrogens (tertiary/aromatic N) is 3. The monoisotopic (exact) mass is 647 g/mol. The van der Waals surface area contributed by atoms with E-state index in [-0.39, 0.29) is 0 Å². The van der Waals surface area contributed by atoms with Gasteiger partial charge in [-0.1, -0.05) is 84.9 Å². The van der Waals surface area contributed by atoms with E-state index in [0.29, 0.717) is 17.5 Å². The summed E-state index contributed by atoms with van der Waals surface area (Å²) in [5.41, 5.74) is 3.19. The van der Waals surface area contributed by atoms with Crippen LogP contribution in [0, 0.1) is 0 Å². The van der Waals surface area contributed by atoms with Gasteiger partial charge in [0.15, 0.2) is 17.5 Å². The van der Waals surface area contributed by atoms with Crippen LogP contribution in [0.15, 0.2) is 109 Å². The Morgan fingerprint density at radius 2 is 1.04 bits per heavy atom. The van der Waals surface area contributed by atoms with Crippen molar-refractivity contribution in [1.82, 2.24) is 15.0 Å². The predicted octanol–water partition coefficient (Wildman–Crippen LogP) is 9.91. The first-order chi connectivity index (χ1) is 22.8. The normalized spacial score (nSPS) is 15.8. The zero-order valence-corrected chi connectivity index (χ0v) is 28.1. The first-order valence-electron chi connectivity index (χ1n) is 15.8. The van der Waals surface area contributed by atoms with Gasteiger partial charge in [0.2, 0.25) is 0 Å². The molecule has 0 unspecified atom stereocenters. The number of thiophene rings is 2. The molecule has 8 aromatic rings. The van der Waals surface area contributed by atoms with E-state index in [2.05, 4.69) is 119 Å². The third kappa shape index (κ3) is 4.62. The maximum Gasteiger partial charge on any atom is 0.494 e. The average Bonchev–Trinajstić information content (AvgIpc) is 3.72. The van der Waals surface area contributed by atoms with E-state index in [4.69, 9.17) is 24.3 Å². The lowest BCUT2D eigenvalue weighted by Crippen LogP contribution is -2.41. The van der Waals surface area contributed by atoms with Crippen LogP contribution in [0.2, 0.25) is 0 Å². The first-order valence-corrected chi connectivity index (χ1v) is 17.4. The van der Waals surface area contributed by atoms with Crippen LogP contribution in [0.3, 0.4) is 0 Å². The van der Waals surface area contributed by atoms with Gasteiger partial charge in [-0.15, -0.1) is 22.7 Å². The number of aromatic nitrogens is 3. The lowest BCUT2D eigenvalue weighted by atomic mass is 9.79. The summed E-state index contributed by atoms with van der Waals surface area (Å²) in [7, 11) is -0.412. The second-order valence-corrected chi connectivity index (χ2v) is 15.2. The van der Waals surface area contributed by atoms with Crippen LogP contribution >= 0.6 is 22.7 Å². The summed E-state index contributed by atoms with van der Waals surface area (Å²) in [5.74, 6) is 1.99. The SMILES string of the molecule is CC1(C)OB(c2ccc3c(c2)sc2c(-c4nc(-c5ccccc5)nc(-c5cccc6c5sc5ccccc56)n4)cccc23)OC1(C)C. The van der Waals surface area contributed by atoms with Gasteiger partial charge in [0.25, 0.3) is 0 Å². The molecule has 0 spiro atoms. The van der Waals surface area contributed by atoms with Gasteiger partial charge >= 0.3 is 7.12 Å². The minimum Gasteiger partial charge on any atom is -0.399 e. The fraction of sp³-hybridized carbons (Fsp3) is 0.154. The van der Waals surface area contributed by atoms with Crippen molar-refractivity contribution in [3.63, 3.8) is 0 Å². The summed E-state index contributed by atoms with van der Waals surface area (Å²) >= 11 is 3.54. The van der Waals surface area contributed by atoms with E-state index in [1.165, 1.54) is 35.6 Å². The molecule has 0 atom stereocenters. The molecule has 0 saturated carbocycles. The standard InChI is InChI=1S/C39H30BN3O2S2/c1-38(2)39(3,4)45-40(44-38)24-20-21-26-28-16-11-18-30(34(28)47-32(26)22-24)37-42-35(23-12-6-5-7-13-23)41-36(43-37)29-17-10-15-27-25-14-8-9-19-31(25)46-33(27)29/h5-22H,1-4H3. The van der Waals surface area contributed by atoms with Gasteiger partial charge in [-0.2, -0.15) is 0 Å². The second kappa shape index (κ2) is 10.5. The van der Waals surface area contributed by atoms with Crippen molar-refractivity contribution in [2.45, 2.75) is 38.9 Å². The van der Waals surface area contributed by atoms with E-state index in [1.807, 2.05) is 18.2 Å². The first kappa shape index (κ1) is 28.7. The quantitative estimate of drug-likeness (QED) is 0.178. The van der Waals surface area contributed by atoms with Crippen LogP contribution < -0.4 is 5.46 Å². The van der Waals surface area contributed by atoms with Gasteiger partial charge in [-0.05, 0) is 57.4 Å². The Balaban J connectivity index is 1.23. The minimum absolute atomic E-state index is 0.396. The maximum absolute atomic E-state index is 6.38. The molecule has 0 N–H and O–H groups in total. The molecule has 0 radical (unpaired) electrons. The molecule has 5 nitrogen and oxygen atoms in total. The Morgan fingerprint density at radius 3 is 1.70 bits per heavy atom. The van der Waals surface area contributed by atoms with Gasteiger partial charge in [-0.25, -0.2) is 15.0 Å². The molecule has 0 bridgehead atoms. The number of hydrogen-bond donors (Lipinski definition) is 0. The van der Waals surface area contributed by atoms with Gasteiger partial charge in [0, 0.05) is 57.0 Å².